The number of carbonyl (C=O) groups is 2. The van der Waals surface area contributed by atoms with E-state index in [-0.39, 0.29) is 17.3 Å². The number of amides is 2. The summed E-state index contributed by atoms with van der Waals surface area (Å²) in [6.07, 6.45) is 0.335. The zero-order valence-corrected chi connectivity index (χ0v) is 25.8. The van der Waals surface area contributed by atoms with Crippen LogP contribution in [0.4, 0.5) is 5.69 Å². The summed E-state index contributed by atoms with van der Waals surface area (Å²) in [7, 11) is -2.56. The van der Waals surface area contributed by atoms with E-state index in [1.807, 2.05) is 33.8 Å². The smallest absolute Gasteiger partial charge is 0.264 e. The Kier molecular flexibility index (Phi) is 10.4. The van der Waals surface area contributed by atoms with Gasteiger partial charge in [-0.1, -0.05) is 53.2 Å². The number of nitrogens with zero attached hydrogens (tertiary/aromatic N) is 2. The minimum atomic E-state index is -4.11. The number of hydrogen-bond donors (Lipinski definition) is 1. The van der Waals surface area contributed by atoms with Gasteiger partial charge in [-0.05, 0) is 81.3 Å². The highest BCUT2D eigenvalue weighted by atomic mass is 79.9. The van der Waals surface area contributed by atoms with Gasteiger partial charge in [0.2, 0.25) is 11.8 Å². The van der Waals surface area contributed by atoms with Gasteiger partial charge in [-0.2, -0.15) is 0 Å². The van der Waals surface area contributed by atoms with Crippen LogP contribution in [0.25, 0.3) is 0 Å². The molecular weight excluding hydrogens is 594 g/mol. The quantitative estimate of drug-likeness (QED) is 0.307. The van der Waals surface area contributed by atoms with E-state index in [1.165, 1.54) is 17.0 Å². The van der Waals surface area contributed by atoms with Crippen molar-refractivity contribution in [2.75, 3.05) is 18.0 Å². The molecule has 0 heterocycles. The first-order valence-corrected chi connectivity index (χ1v) is 15.2. The van der Waals surface area contributed by atoms with Crippen LogP contribution in [0.2, 0.25) is 0 Å². The Hall–Kier alpha value is -3.37. The van der Waals surface area contributed by atoms with Crippen molar-refractivity contribution in [1.82, 2.24) is 10.2 Å². The van der Waals surface area contributed by atoms with Crippen LogP contribution in [-0.2, 0) is 26.2 Å². The van der Waals surface area contributed by atoms with Crippen molar-refractivity contribution in [3.8, 4) is 5.75 Å². The lowest BCUT2D eigenvalue weighted by molar-refractivity contribution is -0.141. The molecule has 0 spiro atoms. The molecule has 0 aliphatic rings. The molecule has 2 amide bonds. The highest BCUT2D eigenvalue weighted by Gasteiger charge is 2.34. The van der Waals surface area contributed by atoms with Crippen LogP contribution in [0.1, 0.15) is 39.7 Å². The Balaban J connectivity index is 2.06. The second kappa shape index (κ2) is 13.3. The maximum Gasteiger partial charge on any atom is 0.264 e. The zero-order chi connectivity index (χ0) is 29.5. The third kappa shape index (κ3) is 8.08. The molecule has 1 atom stereocenters. The topological polar surface area (TPSA) is 96.0 Å². The van der Waals surface area contributed by atoms with E-state index in [0.717, 1.165) is 14.3 Å². The van der Waals surface area contributed by atoms with Gasteiger partial charge >= 0.3 is 0 Å². The highest BCUT2D eigenvalue weighted by Crippen LogP contribution is 2.26. The van der Waals surface area contributed by atoms with Gasteiger partial charge in [0.15, 0.2) is 0 Å². The molecule has 1 N–H and O–H groups in total. The molecule has 0 aromatic heterocycles. The van der Waals surface area contributed by atoms with Gasteiger partial charge in [0.05, 0.1) is 17.7 Å². The highest BCUT2D eigenvalue weighted by molar-refractivity contribution is 9.10. The minimum absolute atomic E-state index is 0.0579. The number of anilines is 1. The molecule has 0 saturated carbocycles. The van der Waals surface area contributed by atoms with Crippen molar-refractivity contribution >= 4 is 43.5 Å². The van der Waals surface area contributed by atoms with Gasteiger partial charge in [-0.15, -0.1) is 0 Å². The normalized spacial score (nSPS) is 12.3. The van der Waals surface area contributed by atoms with Crippen LogP contribution in [0.3, 0.4) is 0 Å². The lowest BCUT2D eigenvalue weighted by atomic mass is 10.1. The van der Waals surface area contributed by atoms with Crippen LogP contribution < -0.4 is 14.4 Å². The van der Waals surface area contributed by atoms with Gasteiger partial charge in [0.1, 0.15) is 18.3 Å². The zero-order valence-electron chi connectivity index (χ0n) is 23.4. The molecular formula is C30H36BrN3O5S. The second-order valence-electron chi connectivity index (χ2n) is 10.3. The average Bonchev–Trinajstić information content (AvgIpc) is 2.91. The molecule has 3 aromatic carbocycles. The molecule has 3 rings (SSSR count). The summed E-state index contributed by atoms with van der Waals surface area (Å²) in [4.78, 5) is 29.0. The standard InChI is InChI=1S/C30H36BrN3O5S/c1-6-27(29(36)32-30(2,3)4)33(20-22-11-10-12-25(19-22)39-5)28(35)21-34(24-17-15-23(31)16-18-24)40(37,38)26-13-8-7-9-14-26/h7-19,27H,6,20-21H2,1-5H3,(H,32,36)/t27-/m1/s1. The number of ether oxygens (including phenoxy) is 1. The summed E-state index contributed by atoms with van der Waals surface area (Å²) in [5, 5.41) is 2.97. The average molecular weight is 631 g/mol. The Morgan fingerprint density at radius 2 is 1.62 bits per heavy atom. The number of nitrogens with one attached hydrogen (secondary N) is 1. The minimum Gasteiger partial charge on any atom is -0.497 e. The SMILES string of the molecule is CC[C@H](C(=O)NC(C)(C)C)N(Cc1cccc(OC)c1)C(=O)CN(c1ccc(Br)cc1)S(=O)(=O)c1ccccc1. The van der Waals surface area contributed by atoms with E-state index >= 15 is 0 Å². The Morgan fingerprint density at radius 1 is 0.975 bits per heavy atom. The van der Waals surface area contributed by atoms with Crippen LogP contribution in [0.5, 0.6) is 5.75 Å². The lowest BCUT2D eigenvalue weighted by Crippen LogP contribution is -2.55. The van der Waals surface area contributed by atoms with E-state index in [4.69, 9.17) is 4.74 Å². The number of methoxy groups -OCH3 is 1. The fourth-order valence-corrected chi connectivity index (χ4v) is 5.90. The fraction of sp³-hybridized carbons (Fsp3) is 0.333. The number of halogens is 1. The first kappa shape index (κ1) is 31.2. The van der Waals surface area contributed by atoms with Crippen LogP contribution in [0, 0.1) is 0 Å². The van der Waals surface area contributed by atoms with E-state index < -0.39 is 34.1 Å². The van der Waals surface area contributed by atoms with Crippen molar-refractivity contribution in [3.63, 3.8) is 0 Å². The predicted molar refractivity (Wildman–Crippen MR) is 161 cm³/mol. The maximum atomic E-state index is 14.1. The molecule has 0 bridgehead atoms. The van der Waals surface area contributed by atoms with Crippen molar-refractivity contribution in [3.05, 3.63) is 88.9 Å². The van der Waals surface area contributed by atoms with Crippen molar-refractivity contribution in [2.45, 2.75) is 57.1 Å². The summed E-state index contributed by atoms with van der Waals surface area (Å²) in [6.45, 7) is 7.02. The van der Waals surface area contributed by atoms with Crippen molar-refractivity contribution in [2.24, 2.45) is 0 Å². The van der Waals surface area contributed by atoms with E-state index in [0.29, 0.717) is 17.9 Å². The maximum absolute atomic E-state index is 14.1. The van der Waals surface area contributed by atoms with E-state index in [1.54, 1.807) is 67.8 Å². The first-order chi connectivity index (χ1) is 18.9. The van der Waals surface area contributed by atoms with Gasteiger partial charge < -0.3 is 15.0 Å². The monoisotopic (exact) mass is 629 g/mol. The number of rotatable bonds is 11. The lowest BCUT2D eigenvalue weighted by Gasteiger charge is -2.34. The molecule has 0 aliphatic heterocycles. The largest absolute Gasteiger partial charge is 0.497 e. The van der Waals surface area contributed by atoms with Crippen LogP contribution in [-0.4, -0.2) is 50.4 Å². The summed E-state index contributed by atoms with van der Waals surface area (Å²) < 4.78 is 34.9. The molecule has 214 valence electrons. The third-order valence-electron chi connectivity index (χ3n) is 6.10. The second-order valence-corrected chi connectivity index (χ2v) is 13.1. The summed E-state index contributed by atoms with van der Waals surface area (Å²) in [5.74, 6) is -0.214. The molecule has 40 heavy (non-hydrogen) atoms. The molecule has 0 saturated heterocycles. The number of hydrogen-bond acceptors (Lipinski definition) is 5. The molecule has 0 radical (unpaired) electrons. The van der Waals surface area contributed by atoms with Gasteiger partial charge in [0.25, 0.3) is 10.0 Å². The van der Waals surface area contributed by atoms with Gasteiger partial charge in [-0.3, -0.25) is 13.9 Å². The molecule has 8 nitrogen and oxygen atoms in total. The molecule has 0 fully saturated rings. The van der Waals surface area contributed by atoms with Crippen molar-refractivity contribution < 1.29 is 22.7 Å². The molecule has 0 unspecified atom stereocenters. The summed E-state index contributed by atoms with van der Waals surface area (Å²) in [5.41, 5.74) is 0.555. The first-order valence-electron chi connectivity index (χ1n) is 12.9. The summed E-state index contributed by atoms with van der Waals surface area (Å²) >= 11 is 3.38. The molecule has 3 aromatic rings. The summed E-state index contributed by atoms with van der Waals surface area (Å²) in [6, 6.07) is 21.1. The Bertz CT molecular complexity index is 1410. The Labute approximate surface area is 245 Å². The van der Waals surface area contributed by atoms with Crippen LogP contribution in [0.15, 0.2) is 88.2 Å². The number of sulfonamides is 1. The number of carbonyl (C=O) groups excluding carboxylic acids is 2. The van der Waals surface area contributed by atoms with E-state index in [2.05, 4.69) is 21.2 Å². The Morgan fingerprint density at radius 3 is 2.20 bits per heavy atom. The van der Waals surface area contributed by atoms with Crippen LogP contribution >= 0.6 is 15.9 Å². The predicted octanol–water partition coefficient (Wildman–Crippen LogP) is 5.38. The van der Waals surface area contributed by atoms with Gasteiger partial charge in [-0.25, -0.2) is 8.42 Å². The molecule has 10 heteroatoms. The van der Waals surface area contributed by atoms with Crippen molar-refractivity contribution in [1.29, 1.82) is 0 Å². The molecule has 0 aliphatic carbocycles. The fourth-order valence-electron chi connectivity index (χ4n) is 4.20. The van der Waals surface area contributed by atoms with Gasteiger partial charge in [0, 0.05) is 16.6 Å². The number of benzene rings is 3. The van der Waals surface area contributed by atoms with E-state index in [9.17, 15) is 18.0 Å². The third-order valence-corrected chi connectivity index (χ3v) is 8.41.